The summed E-state index contributed by atoms with van der Waals surface area (Å²) in [5, 5.41) is 15.4. The molecular formula is C14H18N4O3. The first kappa shape index (κ1) is 14.8. The summed E-state index contributed by atoms with van der Waals surface area (Å²) in [6.07, 6.45) is 1.44. The van der Waals surface area contributed by atoms with Crippen LogP contribution in [0.1, 0.15) is 28.7 Å². The summed E-state index contributed by atoms with van der Waals surface area (Å²) < 4.78 is 3.51. The van der Waals surface area contributed by atoms with E-state index in [4.69, 9.17) is 5.11 Å². The summed E-state index contributed by atoms with van der Waals surface area (Å²) in [5.41, 5.74) is 2.28. The van der Waals surface area contributed by atoms with Crippen LogP contribution in [0.5, 0.6) is 0 Å². The Labute approximate surface area is 122 Å². The largest absolute Gasteiger partial charge is 0.480 e. The molecule has 0 bridgehead atoms. The van der Waals surface area contributed by atoms with E-state index in [1.54, 1.807) is 11.7 Å². The fraction of sp³-hybridized carbons (Fsp3) is 0.357. The van der Waals surface area contributed by atoms with Gasteiger partial charge >= 0.3 is 5.97 Å². The molecule has 0 saturated heterocycles. The van der Waals surface area contributed by atoms with E-state index >= 15 is 0 Å². The fourth-order valence-corrected chi connectivity index (χ4v) is 2.20. The van der Waals surface area contributed by atoms with Crippen LogP contribution in [0.25, 0.3) is 5.82 Å². The van der Waals surface area contributed by atoms with Gasteiger partial charge in [0, 0.05) is 18.4 Å². The van der Waals surface area contributed by atoms with E-state index in [9.17, 15) is 9.59 Å². The molecule has 2 N–H and O–H groups in total. The number of amides is 1. The van der Waals surface area contributed by atoms with E-state index in [0.717, 1.165) is 11.4 Å². The molecule has 2 rings (SSSR count). The lowest BCUT2D eigenvalue weighted by molar-refractivity contribution is -0.138. The maximum absolute atomic E-state index is 12.3. The van der Waals surface area contributed by atoms with Gasteiger partial charge in [0.1, 0.15) is 17.4 Å². The first-order valence-corrected chi connectivity index (χ1v) is 6.54. The average Bonchev–Trinajstić information content (AvgIpc) is 2.93. The highest BCUT2D eigenvalue weighted by atomic mass is 16.4. The molecule has 0 radical (unpaired) electrons. The summed E-state index contributed by atoms with van der Waals surface area (Å²) in [6.45, 7) is 5.28. The van der Waals surface area contributed by atoms with Crippen LogP contribution in [0.3, 0.4) is 0 Å². The maximum Gasteiger partial charge on any atom is 0.325 e. The van der Waals surface area contributed by atoms with Gasteiger partial charge in [-0.15, -0.1) is 0 Å². The summed E-state index contributed by atoms with van der Waals surface area (Å²) in [7, 11) is 1.74. The highest BCUT2D eigenvalue weighted by Crippen LogP contribution is 2.19. The van der Waals surface area contributed by atoms with Crippen molar-refractivity contribution < 1.29 is 14.7 Å². The first-order valence-electron chi connectivity index (χ1n) is 6.54. The standard InChI is InChI=1S/C14H18N4O3/c1-8-5-6-9(2)18(8)13-11(7-15-17(13)4)12(19)16-10(3)14(20)21/h5-7,10H,1-4H3,(H,16,19)(H,20,21)/t10-/m1/s1. The molecule has 1 amide bonds. The van der Waals surface area contributed by atoms with Crippen LogP contribution < -0.4 is 5.32 Å². The van der Waals surface area contributed by atoms with Gasteiger partial charge in [-0.3, -0.25) is 14.3 Å². The van der Waals surface area contributed by atoms with Crippen LogP contribution >= 0.6 is 0 Å². The smallest absolute Gasteiger partial charge is 0.325 e. The number of carbonyl (C=O) groups excluding carboxylic acids is 1. The Hall–Kier alpha value is -2.57. The normalized spacial score (nSPS) is 12.2. The molecule has 0 spiro atoms. The highest BCUT2D eigenvalue weighted by Gasteiger charge is 2.22. The van der Waals surface area contributed by atoms with E-state index in [1.807, 2.05) is 30.5 Å². The minimum atomic E-state index is -1.08. The summed E-state index contributed by atoms with van der Waals surface area (Å²) in [6, 6.07) is 2.94. The molecule has 0 aliphatic rings. The van der Waals surface area contributed by atoms with Crippen LogP contribution in [0.15, 0.2) is 18.3 Å². The Morgan fingerprint density at radius 2 is 1.86 bits per heavy atom. The van der Waals surface area contributed by atoms with Crippen LogP contribution in [0, 0.1) is 13.8 Å². The first-order chi connectivity index (χ1) is 9.82. The van der Waals surface area contributed by atoms with Crippen molar-refractivity contribution in [3.63, 3.8) is 0 Å². The van der Waals surface area contributed by atoms with Gasteiger partial charge in [-0.2, -0.15) is 5.10 Å². The predicted octanol–water partition coefficient (Wildman–Crippen LogP) is 1.03. The molecule has 0 aromatic carbocycles. The minimum Gasteiger partial charge on any atom is -0.480 e. The summed E-state index contributed by atoms with van der Waals surface area (Å²) in [5.74, 6) is -0.923. The van der Waals surface area contributed by atoms with Gasteiger partial charge in [-0.25, -0.2) is 0 Å². The molecule has 2 aromatic rings. The van der Waals surface area contributed by atoms with Crippen LogP contribution in [0.2, 0.25) is 0 Å². The molecule has 21 heavy (non-hydrogen) atoms. The third-order valence-corrected chi connectivity index (χ3v) is 3.35. The van der Waals surface area contributed by atoms with E-state index in [2.05, 4.69) is 10.4 Å². The zero-order valence-electron chi connectivity index (χ0n) is 12.4. The van der Waals surface area contributed by atoms with E-state index in [0.29, 0.717) is 11.4 Å². The molecule has 7 heteroatoms. The fourth-order valence-electron chi connectivity index (χ4n) is 2.20. The number of aliphatic carboxylic acids is 1. The van der Waals surface area contributed by atoms with Gasteiger partial charge in [0.25, 0.3) is 5.91 Å². The number of hydrogen-bond acceptors (Lipinski definition) is 3. The zero-order chi connectivity index (χ0) is 15.7. The second-order valence-corrected chi connectivity index (χ2v) is 4.99. The van der Waals surface area contributed by atoms with Gasteiger partial charge in [0.15, 0.2) is 0 Å². The molecule has 0 aliphatic carbocycles. The van der Waals surface area contributed by atoms with E-state index < -0.39 is 17.9 Å². The number of carboxylic acids is 1. The molecule has 2 heterocycles. The Morgan fingerprint density at radius 1 is 1.29 bits per heavy atom. The number of aryl methyl sites for hydroxylation is 3. The third kappa shape index (κ3) is 2.67. The second kappa shape index (κ2) is 5.43. The topological polar surface area (TPSA) is 89.2 Å². The van der Waals surface area contributed by atoms with Gasteiger partial charge in [0.05, 0.1) is 6.20 Å². The number of nitrogens with zero attached hydrogens (tertiary/aromatic N) is 3. The van der Waals surface area contributed by atoms with Crippen LogP contribution in [-0.4, -0.2) is 37.4 Å². The van der Waals surface area contributed by atoms with Gasteiger partial charge in [-0.05, 0) is 32.9 Å². The minimum absolute atomic E-state index is 0.341. The lowest BCUT2D eigenvalue weighted by atomic mass is 10.2. The summed E-state index contributed by atoms with van der Waals surface area (Å²) >= 11 is 0. The van der Waals surface area contributed by atoms with Crippen molar-refractivity contribution in [3.8, 4) is 5.82 Å². The lowest BCUT2D eigenvalue weighted by Gasteiger charge is -2.13. The number of nitrogens with one attached hydrogen (secondary N) is 1. The monoisotopic (exact) mass is 290 g/mol. The SMILES string of the molecule is Cc1ccc(C)n1-c1c(C(=O)N[C@H](C)C(=O)O)cnn1C. The van der Waals surface area contributed by atoms with Crippen LogP contribution in [-0.2, 0) is 11.8 Å². The van der Waals surface area contributed by atoms with E-state index in [-0.39, 0.29) is 0 Å². The molecule has 2 aromatic heterocycles. The Morgan fingerprint density at radius 3 is 2.38 bits per heavy atom. The Balaban J connectivity index is 2.44. The predicted molar refractivity (Wildman–Crippen MR) is 76.6 cm³/mol. The third-order valence-electron chi connectivity index (χ3n) is 3.35. The number of hydrogen-bond donors (Lipinski definition) is 2. The van der Waals surface area contributed by atoms with E-state index in [1.165, 1.54) is 13.1 Å². The molecule has 0 aliphatic heterocycles. The zero-order valence-corrected chi connectivity index (χ0v) is 12.4. The van der Waals surface area contributed by atoms with Crippen LogP contribution in [0.4, 0.5) is 0 Å². The van der Waals surface area contributed by atoms with Crippen molar-refractivity contribution in [2.45, 2.75) is 26.8 Å². The molecule has 7 nitrogen and oxygen atoms in total. The number of rotatable bonds is 4. The van der Waals surface area contributed by atoms with Crippen molar-refractivity contribution in [2.24, 2.45) is 7.05 Å². The molecule has 0 unspecified atom stereocenters. The molecule has 0 saturated carbocycles. The molecular weight excluding hydrogens is 272 g/mol. The van der Waals surface area contributed by atoms with Gasteiger partial charge in [-0.1, -0.05) is 0 Å². The average molecular weight is 290 g/mol. The van der Waals surface area contributed by atoms with Crippen molar-refractivity contribution in [1.29, 1.82) is 0 Å². The van der Waals surface area contributed by atoms with Crippen molar-refractivity contribution in [3.05, 3.63) is 35.3 Å². The van der Waals surface area contributed by atoms with Gasteiger partial charge in [0.2, 0.25) is 0 Å². The van der Waals surface area contributed by atoms with Crippen molar-refractivity contribution in [1.82, 2.24) is 19.7 Å². The quantitative estimate of drug-likeness (QED) is 0.880. The lowest BCUT2D eigenvalue weighted by Crippen LogP contribution is -2.38. The maximum atomic E-state index is 12.3. The number of carboxylic acid groups (broad SMARTS) is 1. The number of aromatic nitrogens is 3. The van der Waals surface area contributed by atoms with Gasteiger partial charge < -0.3 is 15.0 Å². The second-order valence-electron chi connectivity index (χ2n) is 4.99. The molecule has 1 atom stereocenters. The molecule has 0 fully saturated rings. The number of carbonyl (C=O) groups is 2. The Kier molecular flexibility index (Phi) is 3.84. The van der Waals surface area contributed by atoms with Crippen molar-refractivity contribution >= 4 is 11.9 Å². The van der Waals surface area contributed by atoms with Crippen molar-refractivity contribution in [2.75, 3.05) is 0 Å². The molecule has 112 valence electrons. The highest BCUT2D eigenvalue weighted by molar-refractivity contribution is 5.99. The summed E-state index contributed by atoms with van der Waals surface area (Å²) in [4.78, 5) is 23.1. The Bertz CT molecular complexity index is 680.